The number of aryl methyl sites for hydroxylation is 1. The van der Waals surface area contributed by atoms with Crippen molar-refractivity contribution in [1.29, 1.82) is 0 Å². The summed E-state index contributed by atoms with van der Waals surface area (Å²) in [6.45, 7) is 2.97. The first kappa shape index (κ1) is 11.7. The molecule has 0 spiro atoms. The highest BCUT2D eigenvalue weighted by Crippen LogP contribution is 2.23. The van der Waals surface area contributed by atoms with Crippen LogP contribution in [-0.2, 0) is 4.79 Å². The molecule has 1 aromatic rings. The van der Waals surface area contributed by atoms with Crippen molar-refractivity contribution in [2.75, 3.05) is 0 Å². The van der Waals surface area contributed by atoms with Crippen molar-refractivity contribution in [3.8, 4) is 0 Å². The minimum absolute atomic E-state index is 0.367. The number of rotatable bonds is 3. The lowest BCUT2D eigenvalue weighted by Crippen LogP contribution is -2.18. The lowest BCUT2D eigenvalue weighted by atomic mass is 9.96. The fraction of sp³-hybridized carbons (Fsp3) is 0.364. The number of aliphatic hydroxyl groups is 1. The first-order valence-electron chi connectivity index (χ1n) is 4.60. The second-order valence-corrected chi connectivity index (χ2v) is 3.58. The summed E-state index contributed by atoms with van der Waals surface area (Å²) in [7, 11) is 0. The van der Waals surface area contributed by atoms with Gasteiger partial charge in [-0.2, -0.15) is 0 Å². The van der Waals surface area contributed by atoms with Crippen LogP contribution < -0.4 is 0 Å². The van der Waals surface area contributed by atoms with Gasteiger partial charge in [-0.25, -0.2) is 4.39 Å². The van der Waals surface area contributed by atoms with Crippen molar-refractivity contribution < 1.29 is 19.4 Å². The Bertz CT molecular complexity index is 376. The molecule has 0 fully saturated rings. The first-order chi connectivity index (χ1) is 6.93. The number of carboxylic acid groups (broad SMARTS) is 1. The average Bonchev–Trinajstić information content (AvgIpc) is 2.19. The number of halogens is 1. The van der Waals surface area contributed by atoms with E-state index >= 15 is 0 Å². The van der Waals surface area contributed by atoms with Crippen LogP contribution in [0.4, 0.5) is 4.39 Å². The van der Waals surface area contributed by atoms with Gasteiger partial charge in [-0.15, -0.1) is 0 Å². The van der Waals surface area contributed by atoms with Crippen LogP contribution in [-0.4, -0.2) is 16.2 Å². The smallest absolute Gasteiger partial charge is 0.309 e. The predicted octanol–water partition coefficient (Wildman–Crippen LogP) is 1.89. The third-order valence-electron chi connectivity index (χ3n) is 2.39. The fourth-order valence-electron chi connectivity index (χ4n) is 1.28. The van der Waals surface area contributed by atoms with Gasteiger partial charge in [0.25, 0.3) is 0 Å². The molecular formula is C11H13FO3. The maximum atomic E-state index is 12.9. The Kier molecular flexibility index (Phi) is 3.42. The molecule has 0 aromatic heterocycles. The molecule has 1 rings (SSSR count). The molecule has 2 unspecified atom stereocenters. The fourth-order valence-corrected chi connectivity index (χ4v) is 1.28. The van der Waals surface area contributed by atoms with Gasteiger partial charge in [0.15, 0.2) is 0 Å². The molecule has 0 saturated heterocycles. The van der Waals surface area contributed by atoms with E-state index in [9.17, 15) is 14.3 Å². The zero-order valence-corrected chi connectivity index (χ0v) is 8.57. The minimum Gasteiger partial charge on any atom is -0.481 e. The molecule has 3 nitrogen and oxygen atoms in total. The Balaban J connectivity index is 2.96. The van der Waals surface area contributed by atoms with Gasteiger partial charge < -0.3 is 10.2 Å². The van der Waals surface area contributed by atoms with Crippen LogP contribution >= 0.6 is 0 Å². The lowest BCUT2D eigenvalue weighted by Gasteiger charge is -2.15. The molecule has 2 N–H and O–H groups in total. The van der Waals surface area contributed by atoms with Gasteiger partial charge in [-0.1, -0.05) is 12.1 Å². The van der Waals surface area contributed by atoms with Crippen LogP contribution in [0, 0.1) is 18.7 Å². The highest BCUT2D eigenvalue weighted by atomic mass is 19.1. The van der Waals surface area contributed by atoms with E-state index in [0.717, 1.165) is 0 Å². The average molecular weight is 212 g/mol. The molecule has 0 radical (unpaired) electrons. The summed E-state index contributed by atoms with van der Waals surface area (Å²) < 4.78 is 12.9. The van der Waals surface area contributed by atoms with Crippen LogP contribution in [0.15, 0.2) is 18.2 Å². The maximum absolute atomic E-state index is 12.9. The molecule has 2 atom stereocenters. The van der Waals surface area contributed by atoms with Gasteiger partial charge >= 0.3 is 5.97 Å². The molecule has 15 heavy (non-hydrogen) atoms. The Morgan fingerprint density at radius 3 is 2.53 bits per heavy atom. The maximum Gasteiger partial charge on any atom is 0.309 e. The van der Waals surface area contributed by atoms with Crippen LogP contribution in [0.5, 0.6) is 0 Å². The van der Waals surface area contributed by atoms with E-state index in [-0.39, 0.29) is 5.82 Å². The summed E-state index contributed by atoms with van der Waals surface area (Å²) in [6.07, 6.45) is -1.11. The molecule has 0 aliphatic carbocycles. The zero-order valence-electron chi connectivity index (χ0n) is 8.57. The van der Waals surface area contributed by atoms with Crippen molar-refractivity contribution in [2.45, 2.75) is 20.0 Å². The third kappa shape index (κ3) is 2.53. The third-order valence-corrected chi connectivity index (χ3v) is 2.39. The Labute approximate surface area is 87.2 Å². The number of carboxylic acids is 1. The van der Waals surface area contributed by atoms with E-state index in [0.29, 0.717) is 11.1 Å². The molecule has 0 heterocycles. The topological polar surface area (TPSA) is 57.5 Å². The van der Waals surface area contributed by atoms with E-state index in [1.165, 1.54) is 25.1 Å². The largest absolute Gasteiger partial charge is 0.481 e. The summed E-state index contributed by atoms with van der Waals surface area (Å²) in [5, 5.41) is 18.4. The summed E-state index contributed by atoms with van der Waals surface area (Å²) in [5.74, 6) is -2.35. The van der Waals surface area contributed by atoms with E-state index in [2.05, 4.69) is 0 Å². The Morgan fingerprint density at radius 2 is 2.07 bits per heavy atom. The van der Waals surface area contributed by atoms with Crippen molar-refractivity contribution in [3.05, 3.63) is 35.1 Å². The molecule has 82 valence electrons. The number of carbonyl (C=O) groups is 1. The SMILES string of the molecule is Cc1cc(C(O)C(C)C(=O)O)ccc1F. The molecule has 1 aromatic carbocycles. The van der Waals surface area contributed by atoms with Crippen molar-refractivity contribution in [1.82, 2.24) is 0 Å². The molecule has 0 aliphatic heterocycles. The minimum atomic E-state index is -1.11. The van der Waals surface area contributed by atoms with Crippen molar-refractivity contribution in [2.24, 2.45) is 5.92 Å². The standard InChI is InChI=1S/C11H13FO3/c1-6-5-8(3-4-9(6)12)10(13)7(2)11(14)15/h3-5,7,10,13H,1-2H3,(H,14,15). The van der Waals surface area contributed by atoms with Gasteiger partial charge in [0.05, 0.1) is 12.0 Å². The van der Waals surface area contributed by atoms with Crippen LogP contribution in [0.1, 0.15) is 24.2 Å². The second kappa shape index (κ2) is 4.40. The predicted molar refractivity (Wildman–Crippen MR) is 52.9 cm³/mol. The van der Waals surface area contributed by atoms with Gasteiger partial charge in [0.1, 0.15) is 5.82 Å². The van der Waals surface area contributed by atoms with E-state index < -0.39 is 18.0 Å². The van der Waals surface area contributed by atoms with Gasteiger partial charge in [0.2, 0.25) is 0 Å². The quantitative estimate of drug-likeness (QED) is 0.804. The zero-order chi connectivity index (χ0) is 11.6. The normalized spacial score (nSPS) is 14.7. The van der Waals surface area contributed by atoms with Crippen molar-refractivity contribution >= 4 is 5.97 Å². The number of aliphatic carboxylic acids is 1. The molecule has 0 bridgehead atoms. The van der Waals surface area contributed by atoms with Gasteiger partial charge in [-0.05, 0) is 31.0 Å². The lowest BCUT2D eigenvalue weighted by molar-refractivity contribution is -0.145. The number of aliphatic hydroxyl groups excluding tert-OH is 1. The summed E-state index contributed by atoms with van der Waals surface area (Å²) >= 11 is 0. The summed E-state index contributed by atoms with van der Waals surface area (Å²) in [5.41, 5.74) is 0.813. The molecule has 0 amide bonds. The van der Waals surface area contributed by atoms with Crippen LogP contribution in [0.2, 0.25) is 0 Å². The molecular weight excluding hydrogens is 199 g/mol. The molecule has 0 aliphatic rings. The highest BCUT2D eigenvalue weighted by Gasteiger charge is 2.23. The Morgan fingerprint density at radius 1 is 1.47 bits per heavy atom. The van der Waals surface area contributed by atoms with Crippen LogP contribution in [0.25, 0.3) is 0 Å². The number of hydrogen-bond donors (Lipinski definition) is 2. The van der Waals surface area contributed by atoms with E-state index in [4.69, 9.17) is 5.11 Å². The van der Waals surface area contributed by atoms with Crippen LogP contribution in [0.3, 0.4) is 0 Å². The van der Waals surface area contributed by atoms with Crippen molar-refractivity contribution in [3.63, 3.8) is 0 Å². The molecule has 4 heteroatoms. The Hall–Kier alpha value is -1.42. The molecule has 0 saturated carbocycles. The number of hydrogen-bond acceptors (Lipinski definition) is 2. The van der Waals surface area contributed by atoms with E-state index in [1.807, 2.05) is 0 Å². The van der Waals surface area contributed by atoms with Gasteiger partial charge in [-0.3, -0.25) is 4.79 Å². The first-order valence-corrected chi connectivity index (χ1v) is 4.60. The summed E-state index contributed by atoms with van der Waals surface area (Å²) in [6, 6.07) is 4.08. The monoisotopic (exact) mass is 212 g/mol. The number of benzene rings is 1. The van der Waals surface area contributed by atoms with Gasteiger partial charge in [0, 0.05) is 0 Å². The second-order valence-electron chi connectivity index (χ2n) is 3.58. The highest BCUT2D eigenvalue weighted by molar-refractivity contribution is 5.70. The van der Waals surface area contributed by atoms with E-state index in [1.54, 1.807) is 6.92 Å². The summed E-state index contributed by atoms with van der Waals surface area (Å²) in [4.78, 5) is 10.6.